The standard InChI is InChI=1S/C18H27NO2/c1-8-9-19-16(20)21-15-11-13(17(2,3)4)10-14(12-15)18(5,6)7/h8-12H,1-7H3,(H,19,20). The molecule has 0 bridgehead atoms. The van der Waals surface area contributed by atoms with Crippen molar-refractivity contribution < 1.29 is 9.53 Å². The minimum Gasteiger partial charge on any atom is -0.410 e. The molecule has 0 radical (unpaired) electrons. The Balaban J connectivity index is 3.17. The summed E-state index contributed by atoms with van der Waals surface area (Å²) in [5, 5.41) is 2.56. The van der Waals surface area contributed by atoms with Crippen molar-refractivity contribution in [1.82, 2.24) is 5.32 Å². The van der Waals surface area contributed by atoms with E-state index in [-0.39, 0.29) is 10.8 Å². The fourth-order valence-electron chi connectivity index (χ4n) is 1.81. The highest BCUT2D eigenvalue weighted by molar-refractivity contribution is 5.71. The Hall–Kier alpha value is -1.77. The average Bonchev–Trinajstić information content (AvgIpc) is 2.34. The number of allylic oxidation sites excluding steroid dienone is 1. The molecule has 1 amide bonds. The number of ether oxygens (including phenoxy) is 1. The van der Waals surface area contributed by atoms with Crippen LogP contribution < -0.4 is 10.1 Å². The summed E-state index contributed by atoms with van der Waals surface area (Å²) in [6.45, 7) is 14.7. The van der Waals surface area contributed by atoms with Crippen LogP contribution in [0.15, 0.2) is 30.5 Å². The molecule has 0 fully saturated rings. The predicted octanol–water partition coefficient (Wildman–Crippen LogP) is 4.90. The maximum absolute atomic E-state index is 11.7. The molecule has 116 valence electrons. The molecule has 0 spiro atoms. The lowest BCUT2D eigenvalue weighted by molar-refractivity contribution is 0.204. The van der Waals surface area contributed by atoms with Crippen LogP contribution in [0, 0.1) is 0 Å². The number of carbonyl (C=O) groups excluding carboxylic acids is 1. The topological polar surface area (TPSA) is 38.3 Å². The second-order valence-corrected chi connectivity index (χ2v) is 7.28. The summed E-state index contributed by atoms with van der Waals surface area (Å²) in [4.78, 5) is 11.7. The monoisotopic (exact) mass is 289 g/mol. The summed E-state index contributed by atoms with van der Waals surface area (Å²) in [7, 11) is 0. The number of nitrogens with one attached hydrogen (secondary N) is 1. The maximum Gasteiger partial charge on any atom is 0.416 e. The molecule has 3 heteroatoms. The molecular formula is C18H27NO2. The summed E-state index contributed by atoms with van der Waals surface area (Å²) in [6, 6.07) is 6.06. The Morgan fingerprint density at radius 2 is 1.48 bits per heavy atom. The van der Waals surface area contributed by atoms with Crippen LogP contribution in [0.5, 0.6) is 5.75 Å². The molecule has 0 unspecified atom stereocenters. The molecule has 0 aliphatic carbocycles. The van der Waals surface area contributed by atoms with E-state index in [1.165, 1.54) is 0 Å². The minimum atomic E-state index is -0.473. The van der Waals surface area contributed by atoms with Crippen LogP contribution >= 0.6 is 0 Å². The Labute approximate surface area is 128 Å². The fourth-order valence-corrected chi connectivity index (χ4v) is 1.81. The molecule has 0 aromatic heterocycles. The Morgan fingerprint density at radius 3 is 1.86 bits per heavy atom. The van der Waals surface area contributed by atoms with Crippen molar-refractivity contribution in [2.75, 3.05) is 0 Å². The van der Waals surface area contributed by atoms with Crippen LogP contribution in [0.2, 0.25) is 0 Å². The first-order valence-corrected chi connectivity index (χ1v) is 7.29. The van der Waals surface area contributed by atoms with E-state index in [1.807, 2.05) is 19.1 Å². The van der Waals surface area contributed by atoms with Crippen molar-refractivity contribution in [2.24, 2.45) is 0 Å². The molecule has 21 heavy (non-hydrogen) atoms. The SMILES string of the molecule is CC=CNC(=O)Oc1cc(C(C)(C)C)cc(C(C)(C)C)c1. The van der Waals surface area contributed by atoms with Crippen LogP contribution in [0.1, 0.15) is 59.6 Å². The van der Waals surface area contributed by atoms with E-state index in [4.69, 9.17) is 4.74 Å². The molecule has 0 aliphatic heterocycles. The van der Waals surface area contributed by atoms with Crippen LogP contribution in [0.25, 0.3) is 0 Å². The zero-order valence-corrected chi connectivity index (χ0v) is 14.2. The van der Waals surface area contributed by atoms with Gasteiger partial charge in [0.15, 0.2) is 0 Å². The van der Waals surface area contributed by atoms with E-state index < -0.39 is 6.09 Å². The summed E-state index contributed by atoms with van der Waals surface area (Å²) < 4.78 is 5.39. The molecule has 0 heterocycles. The smallest absolute Gasteiger partial charge is 0.410 e. The molecule has 1 aromatic rings. The van der Waals surface area contributed by atoms with E-state index in [1.54, 1.807) is 12.3 Å². The van der Waals surface area contributed by atoms with Crippen molar-refractivity contribution in [3.8, 4) is 5.75 Å². The quantitative estimate of drug-likeness (QED) is 0.840. The summed E-state index contributed by atoms with van der Waals surface area (Å²) in [6.07, 6.45) is 2.83. The highest BCUT2D eigenvalue weighted by Gasteiger charge is 2.21. The molecule has 0 atom stereocenters. The fraction of sp³-hybridized carbons (Fsp3) is 0.500. The van der Waals surface area contributed by atoms with Crippen molar-refractivity contribution in [3.63, 3.8) is 0 Å². The Morgan fingerprint density at radius 1 is 1.00 bits per heavy atom. The number of hydrogen-bond donors (Lipinski definition) is 1. The summed E-state index contributed by atoms with van der Waals surface area (Å²) in [5.74, 6) is 0.578. The van der Waals surface area contributed by atoms with Gasteiger partial charge in [0.2, 0.25) is 0 Å². The van der Waals surface area contributed by atoms with Gasteiger partial charge in [-0.3, -0.25) is 5.32 Å². The van der Waals surface area contributed by atoms with Gasteiger partial charge in [-0.05, 0) is 41.0 Å². The number of rotatable bonds is 2. The molecule has 0 saturated heterocycles. The Bertz CT molecular complexity index is 499. The van der Waals surface area contributed by atoms with E-state index in [0.717, 1.165) is 11.1 Å². The van der Waals surface area contributed by atoms with Crippen molar-refractivity contribution >= 4 is 6.09 Å². The van der Waals surface area contributed by atoms with Crippen molar-refractivity contribution in [2.45, 2.75) is 59.3 Å². The molecule has 1 aromatic carbocycles. The molecule has 0 saturated carbocycles. The van der Waals surface area contributed by atoms with Gasteiger partial charge in [0.1, 0.15) is 5.75 Å². The van der Waals surface area contributed by atoms with Gasteiger partial charge in [-0.1, -0.05) is 53.7 Å². The van der Waals surface area contributed by atoms with Crippen LogP contribution in [0.3, 0.4) is 0 Å². The van der Waals surface area contributed by atoms with Crippen LogP contribution in [0.4, 0.5) is 4.79 Å². The number of hydrogen-bond acceptors (Lipinski definition) is 2. The van der Waals surface area contributed by atoms with Gasteiger partial charge in [-0.2, -0.15) is 0 Å². The zero-order chi connectivity index (χ0) is 16.3. The lowest BCUT2D eigenvalue weighted by atomic mass is 9.80. The highest BCUT2D eigenvalue weighted by Crippen LogP contribution is 2.32. The van der Waals surface area contributed by atoms with Gasteiger partial charge in [-0.15, -0.1) is 0 Å². The van der Waals surface area contributed by atoms with Crippen molar-refractivity contribution in [1.29, 1.82) is 0 Å². The molecule has 0 aliphatic rings. The van der Waals surface area contributed by atoms with Crippen LogP contribution in [-0.2, 0) is 10.8 Å². The summed E-state index contributed by atoms with van der Waals surface area (Å²) >= 11 is 0. The first kappa shape index (κ1) is 17.3. The normalized spacial score (nSPS) is 12.5. The van der Waals surface area contributed by atoms with E-state index in [0.29, 0.717) is 5.75 Å². The number of benzene rings is 1. The third kappa shape index (κ3) is 5.25. The minimum absolute atomic E-state index is 0.000826. The third-order valence-electron chi connectivity index (χ3n) is 3.22. The predicted molar refractivity (Wildman–Crippen MR) is 87.8 cm³/mol. The van der Waals surface area contributed by atoms with E-state index in [9.17, 15) is 4.79 Å². The lowest BCUT2D eigenvalue weighted by Gasteiger charge is -2.25. The maximum atomic E-state index is 11.7. The van der Waals surface area contributed by atoms with Gasteiger partial charge in [0.05, 0.1) is 0 Å². The Kier molecular flexibility index (Phi) is 5.21. The second kappa shape index (κ2) is 6.33. The van der Waals surface area contributed by atoms with Crippen LogP contribution in [-0.4, -0.2) is 6.09 Å². The zero-order valence-electron chi connectivity index (χ0n) is 14.2. The van der Waals surface area contributed by atoms with Gasteiger partial charge >= 0.3 is 6.09 Å². The van der Waals surface area contributed by atoms with Crippen molar-refractivity contribution in [3.05, 3.63) is 41.6 Å². The average molecular weight is 289 g/mol. The highest BCUT2D eigenvalue weighted by atomic mass is 16.5. The molecular weight excluding hydrogens is 262 g/mol. The van der Waals surface area contributed by atoms with Gasteiger partial charge in [0, 0.05) is 6.20 Å². The number of carbonyl (C=O) groups is 1. The molecule has 1 rings (SSSR count). The molecule has 3 nitrogen and oxygen atoms in total. The largest absolute Gasteiger partial charge is 0.416 e. The van der Waals surface area contributed by atoms with E-state index >= 15 is 0 Å². The van der Waals surface area contributed by atoms with Gasteiger partial charge in [0.25, 0.3) is 0 Å². The second-order valence-electron chi connectivity index (χ2n) is 7.28. The summed E-state index contributed by atoms with van der Waals surface area (Å²) in [5.41, 5.74) is 2.31. The van der Waals surface area contributed by atoms with E-state index in [2.05, 4.69) is 52.9 Å². The number of amides is 1. The van der Waals surface area contributed by atoms with Gasteiger partial charge < -0.3 is 4.74 Å². The molecule has 1 N–H and O–H groups in total. The first-order valence-electron chi connectivity index (χ1n) is 7.29. The third-order valence-corrected chi connectivity index (χ3v) is 3.22. The first-order chi connectivity index (χ1) is 9.54. The van der Waals surface area contributed by atoms with Gasteiger partial charge in [-0.25, -0.2) is 4.79 Å². The lowest BCUT2D eigenvalue weighted by Crippen LogP contribution is -2.22.